The van der Waals surface area contributed by atoms with Crippen LogP contribution >= 0.6 is 0 Å². The Morgan fingerprint density at radius 1 is 1.27 bits per heavy atom. The molecular formula is C9H12AlF. The number of hydrogen-bond donors (Lipinski definition) is 0. The smallest absolute Gasteiger partial charge is 0.424 e. The first kappa shape index (κ1) is 8.78. The SMILES string of the molecule is Cc1ccc(C[CH2][AlH][F])cc1. The van der Waals surface area contributed by atoms with Crippen molar-refractivity contribution in [3.05, 3.63) is 35.4 Å². The largest absolute Gasteiger partial charge is 0.495 e. The van der Waals surface area contributed by atoms with E-state index in [0.717, 1.165) is 11.7 Å². The van der Waals surface area contributed by atoms with Gasteiger partial charge in [-0.25, -0.2) is 0 Å². The third kappa shape index (κ3) is 3.05. The molecule has 0 N–H and O–H groups in total. The summed E-state index contributed by atoms with van der Waals surface area (Å²) in [6, 6.07) is 8.32. The standard InChI is InChI=1S/C9H11.Al.FH.H/c1-3-9-6-4-8(2)5-7-9;;;/h4-7H,1,3H2,2H3;;1H;/q;+1;;/p-1. The van der Waals surface area contributed by atoms with E-state index in [-0.39, 0.29) is 0 Å². The van der Waals surface area contributed by atoms with E-state index in [2.05, 4.69) is 31.2 Å². The molecule has 0 saturated heterocycles. The van der Waals surface area contributed by atoms with Crippen LogP contribution in [0.1, 0.15) is 11.1 Å². The minimum atomic E-state index is -1.24. The molecule has 1 aromatic carbocycles. The molecule has 0 atom stereocenters. The van der Waals surface area contributed by atoms with E-state index < -0.39 is 15.7 Å². The summed E-state index contributed by atoms with van der Waals surface area (Å²) in [5.41, 5.74) is 2.53. The Balaban J connectivity index is 2.52. The van der Waals surface area contributed by atoms with Gasteiger partial charge in [-0.05, 0) is 18.9 Å². The molecule has 1 rings (SSSR count). The molecule has 0 heterocycles. The van der Waals surface area contributed by atoms with Crippen molar-refractivity contribution in [3.8, 4) is 0 Å². The van der Waals surface area contributed by atoms with Gasteiger partial charge < -0.3 is 3.52 Å². The highest BCUT2D eigenvalue weighted by atomic mass is 27.2. The molecule has 0 aromatic heterocycles. The van der Waals surface area contributed by atoms with E-state index in [1.54, 1.807) is 0 Å². The van der Waals surface area contributed by atoms with Crippen molar-refractivity contribution >= 4 is 15.7 Å². The van der Waals surface area contributed by atoms with Crippen LogP contribution in [0.25, 0.3) is 0 Å². The van der Waals surface area contributed by atoms with Gasteiger partial charge in [0.15, 0.2) is 0 Å². The molecule has 0 aliphatic carbocycles. The predicted molar refractivity (Wildman–Crippen MR) is 47.9 cm³/mol. The summed E-state index contributed by atoms with van der Waals surface area (Å²) in [6.07, 6.45) is 0.920. The lowest BCUT2D eigenvalue weighted by Gasteiger charge is -1.97. The van der Waals surface area contributed by atoms with E-state index >= 15 is 0 Å². The molecule has 0 spiro atoms. The monoisotopic (exact) mass is 166 g/mol. The number of hydrogen-bond acceptors (Lipinski definition) is 0. The van der Waals surface area contributed by atoms with Gasteiger partial charge in [0.25, 0.3) is 0 Å². The van der Waals surface area contributed by atoms with Gasteiger partial charge in [-0.15, -0.1) is 0 Å². The second kappa shape index (κ2) is 4.54. The first-order valence-corrected chi connectivity index (χ1v) is 5.48. The van der Waals surface area contributed by atoms with Crippen LogP contribution in [0.5, 0.6) is 0 Å². The van der Waals surface area contributed by atoms with Crippen LogP contribution in [0.3, 0.4) is 0 Å². The van der Waals surface area contributed by atoms with Crippen molar-refractivity contribution in [2.75, 3.05) is 0 Å². The van der Waals surface area contributed by atoms with Gasteiger partial charge in [-0.1, -0.05) is 35.1 Å². The van der Waals surface area contributed by atoms with Crippen molar-refractivity contribution in [1.82, 2.24) is 0 Å². The fraction of sp³-hybridized carbons (Fsp3) is 0.333. The van der Waals surface area contributed by atoms with E-state index in [4.69, 9.17) is 0 Å². The van der Waals surface area contributed by atoms with E-state index in [1.807, 2.05) is 0 Å². The minimum Gasteiger partial charge on any atom is -0.424 e. The predicted octanol–water partition coefficient (Wildman–Crippen LogP) is 2.28. The molecule has 0 aliphatic rings. The van der Waals surface area contributed by atoms with Gasteiger partial charge in [0, 0.05) is 0 Å². The van der Waals surface area contributed by atoms with Crippen molar-refractivity contribution in [2.24, 2.45) is 0 Å². The normalized spacial score (nSPS) is 9.64. The maximum Gasteiger partial charge on any atom is 0.495 e. The van der Waals surface area contributed by atoms with Crippen LogP contribution in [0.2, 0.25) is 5.28 Å². The molecular weight excluding hydrogens is 154 g/mol. The minimum absolute atomic E-state index is 0.781. The molecule has 0 fully saturated rings. The fourth-order valence-corrected chi connectivity index (χ4v) is 1.57. The first-order valence-electron chi connectivity index (χ1n) is 3.94. The van der Waals surface area contributed by atoms with E-state index in [1.165, 1.54) is 11.1 Å². The summed E-state index contributed by atoms with van der Waals surface area (Å²) in [6.45, 7) is 2.06. The summed E-state index contributed by atoms with van der Waals surface area (Å²) >= 11 is -1.24. The first-order chi connectivity index (χ1) is 5.33. The highest BCUT2D eigenvalue weighted by molar-refractivity contribution is 6.26. The van der Waals surface area contributed by atoms with Gasteiger partial charge >= 0.3 is 15.7 Å². The molecule has 11 heavy (non-hydrogen) atoms. The quantitative estimate of drug-likeness (QED) is 0.604. The Kier molecular flexibility index (Phi) is 3.62. The number of rotatable bonds is 3. The van der Waals surface area contributed by atoms with Crippen LogP contribution in [0, 0.1) is 6.92 Å². The topological polar surface area (TPSA) is 0 Å². The molecule has 0 radical (unpaired) electrons. The molecule has 0 saturated carbocycles. The lowest BCUT2D eigenvalue weighted by Crippen LogP contribution is -1.87. The molecule has 1 aromatic rings. The zero-order valence-corrected chi connectivity index (χ0v) is 8.22. The van der Waals surface area contributed by atoms with Crippen LogP contribution in [-0.2, 0) is 6.42 Å². The number of aryl methyl sites for hydroxylation is 2. The zero-order chi connectivity index (χ0) is 8.10. The van der Waals surface area contributed by atoms with Gasteiger partial charge in [-0.2, -0.15) is 0 Å². The Bertz CT molecular complexity index is 205. The second-order valence-electron chi connectivity index (χ2n) is 2.78. The molecule has 0 unspecified atom stereocenters. The summed E-state index contributed by atoms with van der Waals surface area (Å²) in [4.78, 5) is 0. The molecule has 0 amide bonds. The van der Waals surface area contributed by atoms with Gasteiger partial charge in [0.2, 0.25) is 0 Å². The fourth-order valence-electron chi connectivity index (χ4n) is 1.03. The Morgan fingerprint density at radius 3 is 2.45 bits per heavy atom. The maximum absolute atomic E-state index is 11.9. The Labute approximate surface area is 73.6 Å². The zero-order valence-electron chi connectivity index (χ0n) is 6.81. The highest BCUT2D eigenvalue weighted by Gasteiger charge is 1.94. The lowest BCUT2D eigenvalue weighted by atomic mass is 10.1. The van der Waals surface area contributed by atoms with Gasteiger partial charge in [-0.3, -0.25) is 0 Å². The number of benzene rings is 1. The molecule has 0 nitrogen and oxygen atoms in total. The second-order valence-corrected chi connectivity index (χ2v) is 3.86. The average molecular weight is 166 g/mol. The molecule has 58 valence electrons. The van der Waals surface area contributed by atoms with Crippen LogP contribution in [-0.4, -0.2) is 15.7 Å². The maximum atomic E-state index is 11.9. The molecule has 0 bridgehead atoms. The van der Waals surface area contributed by atoms with Gasteiger partial charge in [0.1, 0.15) is 0 Å². The lowest BCUT2D eigenvalue weighted by molar-refractivity contribution is 0.850. The van der Waals surface area contributed by atoms with Crippen molar-refractivity contribution in [2.45, 2.75) is 18.6 Å². The van der Waals surface area contributed by atoms with Crippen LogP contribution in [0.15, 0.2) is 24.3 Å². The third-order valence-corrected chi connectivity index (χ3v) is 2.34. The Morgan fingerprint density at radius 2 is 1.91 bits per heavy atom. The van der Waals surface area contributed by atoms with Crippen molar-refractivity contribution in [3.63, 3.8) is 0 Å². The summed E-state index contributed by atoms with van der Waals surface area (Å²) in [5, 5.41) is 0.781. The summed E-state index contributed by atoms with van der Waals surface area (Å²) in [7, 11) is 0. The summed E-state index contributed by atoms with van der Waals surface area (Å²) < 4.78 is 11.9. The van der Waals surface area contributed by atoms with Crippen LogP contribution < -0.4 is 0 Å². The Hall–Kier alpha value is -0.318. The molecule has 2 heteroatoms. The number of halogens is 1. The molecule has 0 aliphatic heterocycles. The van der Waals surface area contributed by atoms with E-state index in [0.29, 0.717) is 0 Å². The van der Waals surface area contributed by atoms with Crippen molar-refractivity contribution < 1.29 is 3.52 Å². The van der Waals surface area contributed by atoms with Gasteiger partial charge in [0.05, 0.1) is 0 Å². The van der Waals surface area contributed by atoms with Crippen molar-refractivity contribution in [1.29, 1.82) is 0 Å². The highest BCUT2D eigenvalue weighted by Crippen LogP contribution is 2.05. The third-order valence-electron chi connectivity index (χ3n) is 1.72. The summed E-state index contributed by atoms with van der Waals surface area (Å²) in [5.74, 6) is 0. The average Bonchev–Trinajstić information content (AvgIpc) is 2.04. The van der Waals surface area contributed by atoms with E-state index in [9.17, 15) is 3.52 Å². The van der Waals surface area contributed by atoms with Crippen LogP contribution in [0.4, 0.5) is 3.52 Å².